The first-order chi connectivity index (χ1) is 12.1. The van der Waals surface area contributed by atoms with Crippen molar-refractivity contribution in [1.29, 1.82) is 0 Å². The van der Waals surface area contributed by atoms with Crippen molar-refractivity contribution in [2.75, 3.05) is 14.2 Å². The van der Waals surface area contributed by atoms with Gasteiger partial charge in [-0.1, -0.05) is 42.5 Å². The Labute approximate surface area is 148 Å². The molecule has 1 N–H and O–H groups in total. The molecule has 0 aromatic heterocycles. The van der Waals surface area contributed by atoms with Gasteiger partial charge in [-0.25, -0.2) is 0 Å². The Hall–Kier alpha value is -2.59. The van der Waals surface area contributed by atoms with E-state index in [1.807, 2.05) is 48.5 Å². The van der Waals surface area contributed by atoms with Gasteiger partial charge in [-0.15, -0.1) is 0 Å². The van der Waals surface area contributed by atoms with Gasteiger partial charge >= 0.3 is 0 Å². The zero-order chi connectivity index (χ0) is 18.1. The van der Waals surface area contributed by atoms with E-state index >= 15 is 0 Å². The van der Waals surface area contributed by atoms with Crippen LogP contribution < -0.4 is 9.47 Å². The molecular weight excluding hydrogens is 316 g/mol. The summed E-state index contributed by atoms with van der Waals surface area (Å²) in [6.45, 7) is 0. The van der Waals surface area contributed by atoms with Crippen LogP contribution in [0.3, 0.4) is 0 Å². The molecule has 0 amide bonds. The smallest absolute Gasteiger partial charge is 0.160 e. The topological polar surface area (TPSA) is 55.8 Å². The Bertz CT molecular complexity index is 707. The van der Waals surface area contributed by atoms with Crippen LogP contribution in [0.2, 0.25) is 0 Å². The molecule has 0 radical (unpaired) electrons. The molecule has 0 fully saturated rings. The summed E-state index contributed by atoms with van der Waals surface area (Å²) >= 11 is 0. The number of aryl methyl sites for hydroxylation is 1. The Morgan fingerprint density at radius 1 is 1.04 bits per heavy atom. The third-order valence-electron chi connectivity index (χ3n) is 3.90. The van der Waals surface area contributed by atoms with Crippen molar-refractivity contribution < 1.29 is 19.4 Å². The van der Waals surface area contributed by atoms with E-state index in [1.165, 1.54) is 6.08 Å². The number of carbonyl (C=O) groups is 1. The molecule has 0 saturated heterocycles. The van der Waals surface area contributed by atoms with Crippen LogP contribution in [0.5, 0.6) is 11.5 Å². The minimum Gasteiger partial charge on any atom is -0.493 e. The van der Waals surface area contributed by atoms with Crippen LogP contribution >= 0.6 is 0 Å². The number of carbonyl (C=O) groups excluding carboxylic acids is 1. The van der Waals surface area contributed by atoms with E-state index < -0.39 is 6.10 Å². The number of ether oxygens (including phenoxy) is 2. The molecule has 2 aromatic rings. The van der Waals surface area contributed by atoms with Crippen LogP contribution in [0, 0.1) is 0 Å². The number of ketones is 1. The minimum atomic E-state index is -0.660. The van der Waals surface area contributed by atoms with Gasteiger partial charge in [0.15, 0.2) is 17.3 Å². The molecule has 2 rings (SSSR count). The van der Waals surface area contributed by atoms with Gasteiger partial charge in [0.1, 0.15) is 0 Å². The molecule has 0 aliphatic rings. The summed E-state index contributed by atoms with van der Waals surface area (Å²) in [4.78, 5) is 12.0. The lowest BCUT2D eigenvalue weighted by atomic mass is 10.0. The number of aliphatic hydroxyl groups is 1. The zero-order valence-corrected chi connectivity index (χ0v) is 14.6. The highest BCUT2D eigenvalue weighted by molar-refractivity contribution is 5.89. The average Bonchev–Trinajstić information content (AvgIpc) is 2.65. The van der Waals surface area contributed by atoms with E-state index in [1.54, 1.807) is 20.3 Å². The highest BCUT2D eigenvalue weighted by Gasteiger charge is 2.07. The summed E-state index contributed by atoms with van der Waals surface area (Å²) in [6.07, 6.45) is 3.86. The summed E-state index contributed by atoms with van der Waals surface area (Å²) in [7, 11) is 3.18. The van der Waals surface area contributed by atoms with E-state index in [4.69, 9.17) is 9.47 Å². The number of rotatable bonds is 9. The van der Waals surface area contributed by atoms with E-state index in [9.17, 15) is 9.90 Å². The van der Waals surface area contributed by atoms with Crippen LogP contribution in [0.25, 0.3) is 0 Å². The maximum atomic E-state index is 12.0. The van der Waals surface area contributed by atoms with Gasteiger partial charge < -0.3 is 14.6 Å². The van der Waals surface area contributed by atoms with Gasteiger partial charge in [-0.2, -0.15) is 0 Å². The predicted octanol–water partition coefficient (Wildman–Crippen LogP) is 3.37. The van der Waals surface area contributed by atoms with Crippen molar-refractivity contribution in [3.8, 4) is 11.5 Å². The first-order valence-corrected chi connectivity index (χ1v) is 8.26. The predicted molar refractivity (Wildman–Crippen MR) is 98.2 cm³/mol. The molecule has 0 heterocycles. The van der Waals surface area contributed by atoms with Crippen LogP contribution in [0.1, 0.15) is 17.5 Å². The van der Waals surface area contributed by atoms with E-state index in [-0.39, 0.29) is 5.78 Å². The van der Waals surface area contributed by atoms with Gasteiger partial charge in [0, 0.05) is 12.8 Å². The molecule has 25 heavy (non-hydrogen) atoms. The first-order valence-electron chi connectivity index (χ1n) is 8.26. The largest absolute Gasteiger partial charge is 0.493 e. The SMILES string of the molecule is COc1ccc(CCC(=O)/C=C/[C@H](O)Cc2ccccc2)cc1OC. The van der Waals surface area contributed by atoms with E-state index in [0.29, 0.717) is 30.8 Å². The van der Waals surface area contributed by atoms with Crippen molar-refractivity contribution in [2.45, 2.75) is 25.4 Å². The van der Waals surface area contributed by atoms with Crippen LogP contribution in [0.4, 0.5) is 0 Å². The summed E-state index contributed by atoms with van der Waals surface area (Å²) in [5, 5.41) is 9.99. The lowest BCUT2D eigenvalue weighted by Gasteiger charge is -2.09. The second kappa shape index (κ2) is 9.64. The molecule has 0 unspecified atom stereocenters. The Kier molecular flexibility index (Phi) is 7.23. The standard InChI is InChI=1S/C21H24O4/c1-24-20-13-9-17(15-21(20)25-2)8-10-18(22)11-12-19(23)14-16-6-4-3-5-7-16/h3-7,9,11-13,15,19,23H,8,10,14H2,1-2H3/b12-11+/t19-/m0/s1. The van der Waals surface area contributed by atoms with Gasteiger partial charge in [0.25, 0.3) is 0 Å². The third kappa shape index (κ3) is 6.08. The van der Waals surface area contributed by atoms with Gasteiger partial charge in [0.2, 0.25) is 0 Å². The van der Waals surface area contributed by atoms with E-state index in [0.717, 1.165) is 11.1 Å². The molecule has 0 aliphatic carbocycles. The number of allylic oxidation sites excluding steroid dienone is 1. The fourth-order valence-corrected chi connectivity index (χ4v) is 2.53. The first kappa shape index (κ1) is 18.7. The van der Waals surface area contributed by atoms with Crippen molar-refractivity contribution in [1.82, 2.24) is 0 Å². The molecule has 132 valence electrons. The zero-order valence-electron chi connectivity index (χ0n) is 14.6. The van der Waals surface area contributed by atoms with E-state index in [2.05, 4.69) is 0 Å². The second-order valence-electron chi connectivity index (χ2n) is 5.77. The van der Waals surface area contributed by atoms with Gasteiger partial charge in [0.05, 0.1) is 20.3 Å². The average molecular weight is 340 g/mol. The quantitative estimate of drug-likeness (QED) is 0.711. The number of hydrogen-bond acceptors (Lipinski definition) is 4. The summed E-state index contributed by atoms with van der Waals surface area (Å²) in [5.74, 6) is 1.31. The maximum Gasteiger partial charge on any atom is 0.160 e. The lowest BCUT2D eigenvalue weighted by molar-refractivity contribution is -0.114. The number of benzene rings is 2. The van der Waals surface area contributed by atoms with Crippen LogP contribution in [0.15, 0.2) is 60.7 Å². The molecular formula is C21H24O4. The van der Waals surface area contributed by atoms with Crippen molar-refractivity contribution >= 4 is 5.78 Å². The molecule has 0 saturated carbocycles. The van der Waals surface area contributed by atoms with Crippen molar-refractivity contribution in [2.24, 2.45) is 0 Å². The Balaban J connectivity index is 1.83. The number of methoxy groups -OCH3 is 2. The number of aliphatic hydroxyl groups excluding tert-OH is 1. The Morgan fingerprint density at radius 3 is 2.44 bits per heavy atom. The molecule has 1 atom stereocenters. The van der Waals surface area contributed by atoms with Gasteiger partial charge in [-0.05, 0) is 35.8 Å². The lowest BCUT2D eigenvalue weighted by Crippen LogP contribution is -2.07. The fourth-order valence-electron chi connectivity index (χ4n) is 2.53. The second-order valence-corrected chi connectivity index (χ2v) is 5.77. The summed E-state index contributed by atoms with van der Waals surface area (Å²) < 4.78 is 10.5. The van der Waals surface area contributed by atoms with Crippen LogP contribution in [-0.4, -0.2) is 31.2 Å². The van der Waals surface area contributed by atoms with Crippen molar-refractivity contribution in [3.63, 3.8) is 0 Å². The normalized spacial score (nSPS) is 12.1. The van der Waals surface area contributed by atoms with Crippen molar-refractivity contribution in [3.05, 3.63) is 71.8 Å². The monoisotopic (exact) mass is 340 g/mol. The highest BCUT2D eigenvalue weighted by atomic mass is 16.5. The molecule has 0 bridgehead atoms. The molecule has 4 nitrogen and oxygen atoms in total. The highest BCUT2D eigenvalue weighted by Crippen LogP contribution is 2.27. The Morgan fingerprint density at radius 2 is 1.76 bits per heavy atom. The minimum absolute atomic E-state index is 0.0121. The fraction of sp³-hybridized carbons (Fsp3) is 0.286. The van der Waals surface area contributed by atoms with Crippen LogP contribution in [-0.2, 0) is 17.6 Å². The van der Waals surface area contributed by atoms with Gasteiger partial charge in [-0.3, -0.25) is 4.79 Å². The summed E-state index contributed by atoms with van der Waals surface area (Å²) in [6, 6.07) is 15.3. The number of hydrogen-bond donors (Lipinski definition) is 1. The summed E-state index contributed by atoms with van der Waals surface area (Å²) in [5.41, 5.74) is 2.04. The molecule has 4 heteroatoms. The molecule has 2 aromatic carbocycles. The molecule has 0 aliphatic heterocycles. The molecule has 0 spiro atoms. The maximum absolute atomic E-state index is 12.0. The third-order valence-corrected chi connectivity index (χ3v) is 3.90.